The predicted molar refractivity (Wildman–Crippen MR) is 78.1 cm³/mol. The number of hydrogen-bond acceptors (Lipinski definition) is 1. The quantitative estimate of drug-likeness (QED) is 0.527. The number of hydrogen-bond donors (Lipinski definition) is 1. The zero-order valence-corrected chi connectivity index (χ0v) is 11.5. The van der Waals surface area contributed by atoms with E-state index in [1.54, 1.807) is 0 Å². The molecule has 0 atom stereocenters. The van der Waals surface area contributed by atoms with Crippen LogP contribution in [0, 0.1) is 13.8 Å². The smallest absolute Gasteiger partial charge is 0.252 e. The molecule has 1 N–H and O–H groups in total. The van der Waals surface area contributed by atoms with Gasteiger partial charge in [-0.05, 0) is 25.1 Å². The summed E-state index contributed by atoms with van der Waals surface area (Å²) in [5.41, 5.74) is 5.64. The number of rotatable bonds is 1. The van der Waals surface area contributed by atoms with Crippen molar-refractivity contribution in [2.75, 3.05) is 0 Å². The molecule has 3 heterocycles. The first kappa shape index (κ1) is 11.2. The fraction of sp³-hybridized carbons (Fsp3) is 0.125. The van der Waals surface area contributed by atoms with Gasteiger partial charge in [-0.15, -0.1) is 0 Å². The normalized spacial score (nSPS) is 11.5. The lowest BCUT2D eigenvalue weighted by Crippen LogP contribution is -2.35. The minimum Gasteiger partial charge on any atom is -0.299 e. The molecule has 0 aliphatic heterocycles. The van der Waals surface area contributed by atoms with Crippen molar-refractivity contribution < 1.29 is 4.68 Å². The summed E-state index contributed by atoms with van der Waals surface area (Å²) in [6.07, 6.45) is 3.95. The second-order valence-electron chi connectivity index (χ2n) is 5.09. The summed E-state index contributed by atoms with van der Waals surface area (Å²) in [5, 5.41) is 4.68. The molecule has 0 amide bonds. The molecule has 0 aliphatic rings. The van der Waals surface area contributed by atoms with Gasteiger partial charge in [0.2, 0.25) is 5.69 Å². The second kappa shape index (κ2) is 3.93. The molecule has 0 radical (unpaired) electrons. The number of aromatic nitrogens is 4. The van der Waals surface area contributed by atoms with Crippen molar-refractivity contribution in [3.05, 3.63) is 60.3 Å². The Balaban J connectivity index is 1.98. The predicted octanol–water partition coefficient (Wildman–Crippen LogP) is 2.71. The van der Waals surface area contributed by atoms with Gasteiger partial charge in [0.15, 0.2) is 0 Å². The Morgan fingerprint density at radius 3 is 2.80 bits per heavy atom. The third-order valence-corrected chi connectivity index (χ3v) is 3.85. The average Bonchev–Trinajstić information content (AvgIpc) is 3.01. The molecule has 0 bridgehead atoms. The van der Waals surface area contributed by atoms with Gasteiger partial charge in [-0.25, -0.2) is 4.98 Å². The lowest BCUT2D eigenvalue weighted by atomic mass is 10.2. The van der Waals surface area contributed by atoms with E-state index in [1.165, 1.54) is 11.1 Å². The molecule has 0 unspecified atom stereocenters. The van der Waals surface area contributed by atoms with Crippen molar-refractivity contribution in [2.24, 2.45) is 0 Å². The van der Waals surface area contributed by atoms with E-state index in [4.69, 9.17) is 0 Å². The van der Waals surface area contributed by atoms with Gasteiger partial charge in [-0.1, -0.05) is 16.8 Å². The van der Waals surface area contributed by atoms with E-state index in [0.29, 0.717) is 0 Å². The lowest BCUT2D eigenvalue weighted by Gasteiger charge is -1.96. The van der Waals surface area contributed by atoms with Gasteiger partial charge in [0.05, 0.1) is 29.1 Å². The molecule has 4 rings (SSSR count). The first-order valence-corrected chi connectivity index (χ1v) is 6.67. The van der Waals surface area contributed by atoms with Crippen LogP contribution in [0.3, 0.4) is 0 Å². The maximum Gasteiger partial charge on any atom is 0.252 e. The highest BCUT2D eigenvalue weighted by molar-refractivity contribution is 5.79. The highest BCUT2D eigenvalue weighted by Gasteiger charge is 2.18. The Hall–Kier alpha value is -2.62. The fourth-order valence-corrected chi connectivity index (χ4v) is 2.73. The van der Waals surface area contributed by atoms with E-state index in [-0.39, 0.29) is 0 Å². The molecule has 4 heteroatoms. The van der Waals surface area contributed by atoms with Crippen molar-refractivity contribution in [1.29, 1.82) is 0 Å². The summed E-state index contributed by atoms with van der Waals surface area (Å²) in [4.78, 5) is 4.34. The lowest BCUT2D eigenvalue weighted by molar-refractivity contribution is -0.659. The molecule has 0 saturated heterocycles. The average molecular weight is 263 g/mol. The number of para-hydroxylation sites is 1. The number of nitrogens with one attached hydrogen (secondary N) is 1. The van der Waals surface area contributed by atoms with Crippen molar-refractivity contribution >= 4 is 16.4 Å². The Kier molecular flexibility index (Phi) is 2.21. The van der Waals surface area contributed by atoms with Crippen LogP contribution in [0.4, 0.5) is 0 Å². The Morgan fingerprint density at radius 2 is 1.95 bits per heavy atom. The van der Waals surface area contributed by atoms with Crippen LogP contribution < -0.4 is 4.68 Å². The van der Waals surface area contributed by atoms with Crippen LogP contribution in [-0.2, 0) is 0 Å². The molecule has 0 spiro atoms. The van der Waals surface area contributed by atoms with Crippen LogP contribution in [0.25, 0.3) is 22.1 Å². The number of imidazole rings is 1. The molecule has 1 aromatic carbocycles. The summed E-state index contributed by atoms with van der Waals surface area (Å²) in [6, 6.07) is 12.6. The molecule has 3 aromatic heterocycles. The molecule has 98 valence electrons. The zero-order valence-electron chi connectivity index (χ0n) is 11.5. The summed E-state index contributed by atoms with van der Waals surface area (Å²) in [7, 11) is 0. The van der Waals surface area contributed by atoms with Crippen molar-refractivity contribution in [3.8, 4) is 5.69 Å². The maximum atomic E-state index is 4.34. The Morgan fingerprint density at radius 1 is 1.10 bits per heavy atom. The SMILES string of the molecule is Cc1ncn2cc(-[n+]3[nH]c4ccccc4c3C)ccc12. The van der Waals surface area contributed by atoms with E-state index in [0.717, 1.165) is 22.4 Å². The standard InChI is InChI=1S/C16H14N4/c1-11-16-8-7-13(9-19(16)10-17-11)20-12(2)14-5-3-4-6-15(14)18-20/h3-10H,1-2H3/p+1. The molecule has 0 saturated carbocycles. The van der Waals surface area contributed by atoms with Crippen LogP contribution in [0.2, 0.25) is 0 Å². The van der Waals surface area contributed by atoms with Crippen LogP contribution >= 0.6 is 0 Å². The summed E-state index contributed by atoms with van der Waals surface area (Å²) in [6.45, 7) is 4.15. The van der Waals surface area contributed by atoms with Crippen molar-refractivity contribution in [1.82, 2.24) is 14.5 Å². The summed E-state index contributed by atoms with van der Waals surface area (Å²) < 4.78 is 4.17. The van der Waals surface area contributed by atoms with Gasteiger partial charge in [0.1, 0.15) is 5.52 Å². The van der Waals surface area contributed by atoms with Crippen molar-refractivity contribution in [3.63, 3.8) is 0 Å². The molecule has 4 aromatic rings. The van der Waals surface area contributed by atoms with E-state index in [1.807, 2.05) is 19.3 Å². The molecule has 4 nitrogen and oxygen atoms in total. The van der Waals surface area contributed by atoms with Gasteiger partial charge >= 0.3 is 0 Å². The molecular weight excluding hydrogens is 248 g/mol. The first-order valence-electron chi connectivity index (χ1n) is 6.67. The highest BCUT2D eigenvalue weighted by atomic mass is 15.3. The molecule has 0 aliphatic carbocycles. The monoisotopic (exact) mass is 263 g/mol. The number of nitrogens with zero attached hydrogens (tertiary/aromatic N) is 3. The van der Waals surface area contributed by atoms with Gasteiger partial charge in [-0.2, -0.15) is 5.10 Å². The number of benzene rings is 1. The number of aromatic amines is 1. The van der Waals surface area contributed by atoms with Gasteiger partial charge in [0.25, 0.3) is 5.69 Å². The van der Waals surface area contributed by atoms with Crippen LogP contribution in [0.5, 0.6) is 0 Å². The minimum absolute atomic E-state index is 1.05. The molecular formula is C16H15N4+. The second-order valence-corrected chi connectivity index (χ2v) is 5.09. The van der Waals surface area contributed by atoms with Crippen LogP contribution in [0.1, 0.15) is 11.4 Å². The zero-order chi connectivity index (χ0) is 13.7. The highest BCUT2D eigenvalue weighted by Crippen LogP contribution is 2.16. The van der Waals surface area contributed by atoms with E-state index in [9.17, 15) is 0 Å². The summed E-state index contributed by atoms with van der Waals surface area (Å²) in [5.74, 6) is 0. The number of H-pyrrole nitrogens is 1. The van der Waals surface area contributed by atoms with Gasteiger partial charge in [0, 0.05) is 13.0 Å². The van der Waals surface area contributed by atoms with E-state index in [2.05, 4.69) is 62.6 Å². The number of aryl methyl sites for hydroxylation is 2. The molecule has 0 fully saturated rings. The molecule has 20 heavy (non-hydrogen) atoms. The maximum absolute atomic E-state index is 4.34. The van der Waals surface area contributed by atoms with E-state index >= 15 is 0 Å². The fourth-order valence-electron chi connectivity index (χ4n) is 2.73. The third kappa shape index (κ3) is 1.48. The van der Waals surface area contributed by atoms with Crippen LogP contribution in [-0.4, -0.2) is 14.5 Å². The summed E-state index contributed by atoms with van der Waals surface area (Å²) >= 11 is 0. The van der Waals surface area contributed by atoms with Crippen molar-refractivity contribution in [2.45, 2.75) is 13.8 Å². The van der Waals surface area contributed by atoms with Crippen LogP contribution in [0.15, 0.2) is 48.9 Å². The topological polar surface area (TPSA) is 37.0 Å². The third-order valence-electron chi connectivity index (χ3n) is 3.85. The number of fused-ring (bicyclic) bond motifs is 2. The number of pyridine rings is 1. The van der Waals surface area contributed by atoms with Gasteiger partial charge < -0.3 is 0 Å². The Labute approximate surface area is 116 Å². The van der Waals surface area contributed by atoms with Gasteiger partial charge in [-0.3, -0.25) is 4.40 Å². The minimum atomic E-state index is 1.05. The largest absolute Gasteiger partial charge is 0.299 e. The first-order chi connectivity index (χ1) is 9.74. The van der Waals surface area contributed by atoms with E-state index < -0.39 is 0 Å². The Bertz CT molecular complexity index is 930.